The Balaban J connectivity index is 0.00000200. The van der Waals surface area contributed by atoms with Crippen molar-refractivity contribution < 1.29 is 9.53 Å². The fourth-order valence-electron chi connectivity index (χ4n) is 2.36. The van der Waals surface area contributed by atoms with E-state index >= 15 is 0 Å². The van der Waals surface area contributed by atoms with Gasteiger partial charge in [0.2, 0.25) is 5.91 Å². The van der Waals surface area contributed by atoms with E-state index in [0.717, 1.165) is 43.7 Å². The molecule has 0 aromatic heterocycles. The van der Waals surface area contributed by atoms with Crippen LogP contribution in [0.25, 0.3) is 0 Å². The lowest BCUT2D eigenvalue weighted by Crippen LogP contribution is -2.45. The molecule has 1 amide bonds. The molecular formula is C15H23ClN2O2. The molecule has 20 heavy (non-hydrogen) atoms. The summed E-state index contributed by atoms with van der Waals surface area (Å²) in [6.45, 7) is 1.96. The van der Waals surface area contributed by atoms with E-state index in [1.54, 1.807) is 7.11 Å². The van der Waals surface area contributed by atoms with Gasteiger partial charge in [0.25, 0.3) is 0 Å². The number of benzene rings is 1. The van der Waals surface area contributed by atoms with E-state index in [2.05, 4.69) is 10.6 Å². The first-order valence-corrected chi connectivity index (χ1v) is 6.91. The zero-order chi connectivity index (χ0) is 13.5. The maximum atomic E-state index is 11.9. The Morgan fingerprint density at radius 3 is 3.05 bits per heavy atom. The van der Waals surface area contributed by atoms with Crippen molar-refractivity contribution in [3.05, 3.63) is 29.8 Å². The van der Waals surface area contributed by atoms with E-state index in [1.165, 1.54) is 0 Å². The third-order valence-corrected chi connectivity index (χ3v) is 3.44. The molecule has 2 N–H and O–H groups in total. The summed E-state index contributed by atoms with van der Waals surface area (Å²) in [5.41, 5.74) is 1.14. The number of hydrogen-bond donors (Lipinski definition) is 2. The highest BCUT2D eigenvalue weighted by molar-refractivity contribution is 5.85. The van der Waals surface area contributed by atoms with Crippen molar-refractivity contribution in [1.29, 1.82) is 0 Å². The lowest BCUT2D eigenvalue weighted by Gasteiger charge is -2.23. The first-order valence-electron chi connectivity index (χ1n) is 6.91. The second-order valence-electron chi connectivity index (χ2n) is 4.96. The fraction of sp³-hybridized carbons (Fsp3) is 0.533. The molecule has 0 saturated carbocycles. The van der Waals surface area contributed by atoms with Crippen molar-refractivity contribution in [1.82, 2.24) is 10.6 Å². The molecule has 112 valence electrons. The van der Waals surface area contributed by atoms with Crippen molar-refractivity contribution in [2.75, 3.05) is 20.2 Å². The molecule has 1 aliphatic heterocycles. The molecule has 1 aromatic carbocycles. The average molecular weight is 299 g/mol. The van der Waals surface area contributed by atoms with Crippen LogP contribution in [-0.2, 0) is 11.2 Å². The van der Waals surface area contributed by atoms with Gasteiger partial charge in [-0.1, -0.05) is 12.1 Å². The number of hydrogen-bond acceptors (Lipinski definition) is 3. The molecule has 4 nitrogen and oxygen atoms in total. The van der Waals surface area contributed by atoms with Gasteiger partial charge in [0.1, 0.15) is 5.75 Å². The highest BCUT2D eigenvalue weighted by Gasteiger charge is 2.14. The maximum absolute atomic E-state index is 11.9. The first kappa shape index (κ1) is 16.8. The number of ether oxygens (including phenoxy) is 1. The average Bonchev–Trinajstić information content (AvgIpc) is 2.46. The van der Waals surface area contributed by atoms with Crippen molar-refractivity contribution in [3.63, 3.8) is 0 Å². The van der Waals surface area contributed by atoms with Crippen molar-refractivity contribution >= 4 is 18.3 Å². The molecule has 2 rings (SSSR count). The number of rotatable bonds is 5. The summed E-state index contributed by atoms with van der Waals surface area (Å²) in [6.07, 6.45) is 3.51. The Hall–Kier alpha value is -1.26. The van der Waals surface area contributed by atoms with Crippen LogP contribution in [-0.4, -0.2) is 32.1 Å². The van der Waals surface area contributed by atoms with Gasteiger partial charge < -0.3 is 15.4 Å². The third kappa shape index (κ3) is 5.39. The minimum atomic E-state index is 0. The van der Waals surface area contributed by atoms with Gasteiger partial charge in [0, 0.05) is 19.0 Å². The molecule has 0 aliphatic carbocycles. The number of aryl methyl sites for hydroxylation is 1. The van der Waals surface area contributed by atoms with Crippen molar-refractivity contribution in [3.8, 4) is 5.75 Å². The van der Waals surface area contributed by atoms with Gasteiger partial charge in [-0.3, -0.25) is 4.79 Å². The largest absolute Gasteiger partial charge is 0.497 e. The molecule has 1 saturated heterocycles. The van der Waals surface area contributed by atoms with Gasteiger partial charge in [0.15, 0.2) is 0 Å². The minimum absolute atomic E-state index is 0. The molecule has 1 aliphatic rings. The molecule has 1 fully saturated rings. The summed E-state index contributed by atoms with van der Waals surface area (Å²) < 4.78 is 5.17. The summed E-state index contributed by atoms with van der Waals surface area (Å²) in [4.78, 5) is 11.9. The molecule has 0 radical (unpaired) electrons. The number of halogens is 1. The summed E-state index contributed by atoms with van der Waals surface area (Å²) in [6, 6.07) is 8.17. The van der Waals surface area contributed by atoms with E-state index < -0.39 is 0 Å². The summed E-state index contributed by atoms with van der Waals surface area (Å²) in [5, 5.41) is 6.38. The lowest BCUT2D eigenvalue weighted by molar-refractivity contribution is -0.121. The van der Waals surface area contributed by atoms with Crippen LogP contribution < -0.4 is 15.4 Å². The van der Waals surface area contributed by atoms with Crippen molar-refractivity contribution in [2.45, 2.75) is 31.7 Å². The van der Waals surface area contributed by atoms with Gasteiger partial charge in [-0.25, -0.2) is 0 Å². The highest BCUT2D eigenvalue weighted by Crippen LogP contribution is 2.14. The smallest absolute Gasteiger partial charge is 0.220 e. The van der Waals surface area contributed by atoms with Crippen LogP contribution >= 0.6 is 12.4 Å². The first-order chi connectivity index (χ1) is 9.28. The monoisotopic (exact) mass is 298 g/mol. The molecule has 1 atom stereocenters. The Kier molecular flexibility index (Phi) is 7.41. The zero-order valence-corrected chi connectivity index (χ0v) is 12.7. The molecule has 1 heterocycles. The van der Waals surface area contributed by atoms with E-state index in [1.807, 2.05) is 24.3 Å². The van der Waals surface area contributed by atoms with Gasteiger partial charge in [-0.05, 0) is 43.5 Å². The topological polar surface area (TPSA) is 50.4 Å². The normalized spacial score (nSPS) is 17.9. The molecule has 5 heteroatoms. The van der Waals surface area contributed by atoms with Gasteiger partial charge in [-0.15, -0.1) is 12.4 Å². The van der Waals surface area contributed by atoms with Crippen LogP contribution in [0.2, 0.25) is 0 Å². The second kappa shape index (κ2) is 8.82. The van der Waals surface area contributed by atoms with Gasteiger partial charge >= 0.3 is 0 Å². The second-order valence-corrected chi connectivity index (χ2v) is 4.96. The number of carbonyl (C=O) groups is 1. The van der Waals surface area contributed by atoms with E-state index in [4.69, 9.17) is 4.74 Å². The quantitative estimate of drug-likeness (QED) is 0.873. The number of piperidine rings is 1. The molecule has 1 aromatic rings. The number of amides is 1. The number of methoxy groups -OCH3 is 1. The molecule has 1 unspecified atom stereocenters. The summed E-state index contributed by atoms with van der Waals surface area (Å²) in [7, 11) is 1.65. The van der Waals surface area contributed by atoms with Gasteiger partial charge in [0.05, 0.1) is 7.11 Å². The molecule has 0 bridgehead atoms. The van der Waals surface area contributed by atoms with Gasteiger partial charge in [-0.2, -0.15) is 0 Å². The Morgan fingerprint density at radius 2 is 2.35 bits per heavy atom. The SMILES string of the molecule is COc1cccc(CCC(=O)NC2CCCNC2)c1.Cl. The fourth-order valence-corrected chi connectivity index (χ4v) is 2.36. The van der Waals surface area contributed by atoms with E-state index in [0.29, 0.717) is 12.5 Å². The molecular weight excluding hydrogens is 276 g/mol. The van der Waals surface area contributed by atoms with E-state index in [-0.39, 0.29) is 18.3 Å². The Bertz CT molecular complexity index is 420. The van der Waals surface area contributed by atoms with Crippen molar-refractivity contribution in [2.24, 2.45) is 0 Å². The van der Waals surface area contributed by atoms with Crippen LogP contribution in [0.3, 0.4) is 0 Å². The van der Waals surface area contributed by atoms with Crippen LogP contribution in [0, 0.1) is 0 Å². The third-order valence-electron chi connectivity index (χ3n) is 3.44. The van der Waals surface area contributed by atoms with Crippen LogP contribution in [0.4, 0.5) is 0 Å². The van der Waals surface area contributed by atoms with E-state index in [9.17, 15) is 4.79 Å². The number of carbonyl (C=O) groups excluding carboxylic acids is 1. The summed E-state index contributed by atoms with van der Waals surface area (Å²) >= 11 is 0. The predicted molar refractivity (Wildman–Crippen MR) is 82.6 cm³/mol. The minimum Gasteiger partial charge on any atom is -0.497 e. The molecule has 0 spiro atoms. The van der Waals surface area contributed by atoms with Crippen LogP contribution in [0.1, 0.15) is 24.8 Å². The highest BCUT2D eigenvalue weighted by atomic mass is 35.5. The maximum Gasteiger partial charge on any atom is 0.220 e. The number of nitrogens with one attached hydrogen (secondary N) is 2. The summed E-state index contributed by atoms with van der Waals surface area (Å²) in [5.74, 6) is 0.978. The van der Waals surface area contributed by atoms with Crippen LogP contribution in [0.5, 0.6) is 5.75 Å². The Labute approximate surface area is 126 Å². The standard InChI is InChI=1S/C15H22N2O2.ClH/c1-19-14-6-2-4-12(10-14)7-8-15(18)17-13-5-3-9-16-11-13;/h2,4,6,10,13,16H,3,5,7-9,11H2,1H3,(H,17,18);1H. The predicted octanol–water partition coefficient (Wildman–Crippen LogP) is 1.92. The lowest BCUT2D eigenvalue weighted by atomic mass is 10.1. The zero-order valence-electron chi connectivity index (χ0n) is 11.9. The Morgan fingerprint density at radius 1 is 1.50 bits per heavy atom. The van der Waals surface area contributed by atoms with Crippen LogP contribution in [0.15, 0.2) is 24.3 Å².